The van der Waals surface area contributed by atoms with Gasteiger partial charge in [0.2, 0.25) is 5.91 Å². The second-order valence-electron chi connectivity index (χ2n) is 7.06. The monoisotopic (exact) mass is 449 g/mol. The largest absolute Gasteiger partial charge is 0.351 e. The van der Waals surface area contributed by atoms with Crippen LogP contribution in [0.3, 0.4) is 0 Å². The Balaban J connectivity index is 1.94. The molecular weight excluding hydrogens is 429 g/mol. The summed E-state index contributed by atoms with van der Waals surface area (Å²) >= 11 is 13.6. The van der Waals surface area contributed by atoms with Gasteiger partial charge in [-0.1, -0.05) is 41.9 Å². The van der Waals surface area contributed by atoms with Crippen LogP contribution in [0, 0.1) is 0 Å². The molecule has 2 heterocycles. The lowest BCUT2D eigenvalue weighted by Gasteiger charge is -2.24. The van der Waals surface area contributed by atoms with E-state index in [0.29, 0.717) is 21.0 Å². The molecule has 2 aromatic heterocycles. The second-order valence-corrected chi connectivity index (χ2v) is 8.81. The third-order valence-electron chi connectivity index (χ3n) is 4.41. The summed E-state index contributed by atoms with van der Waals surface area (Å²) in [5, 5.41) is 13.1. The molecule has 0 radical (unpaired) electrons. The lowest BCUT2D eigenvalue weighted by atomic mass is 10.0. The number of nitrogens with one attached hydrogen (secondary N) is 1. The summed E-state index contributed by atoms with van der Waals surface area (Å²) in [5.74, 6) is 0.761. The number of pyridine rings is 1. The molecule has 3 aromatic rings. The van der Waals surface area contributed by atoms with Gasteiger partial charge in [-0.15, -0.1) is 10.2 Å². The Labute approximate surface area is 184 Å². The number of benzene rings is 1. The van der Waals surface area contributed by atoms with Gasteiger partial charge in [0.25, 0.3) is 0 Å². The summed E-state index contributed by atoms with van der Waals surface area (Å²) in [4.78, 5) is 16.5. The fourth-order valence-electron chi connectivity index (χ4n) is 2.53. The number of carbonyl (C=O) groups excluding carboxylic acids is 1. The van der Waals surface area contributed by atoms with E-state index in [9.17, 15) is 4.79 Å². The summed E-state index contributed by atoms with van der Waals surface area (Å²) in [7, 11) is 0. The van der Waals surface area contributed by atoms with E-state index in [0.717, 1.165) is 17.7 Å². The maximum Gasteiger partial charge on any atom is 0.230 e. The molecule has 0 atom stereocenters. The van der Waals surface area contributed by atoms with E-state index in [4.69, 9.17) is 23.2 Å². The Morgan fingerprint density at radius 3 is 2.66 bits per heavy atom. The fourth-order valence-corrected chi connectivity index (χ4v) is 3.58. The van der Waals surface area contributed by atoms with E-state index in [1.54, 1.807) is 24.5 Å². The molecule has 0 unspecified atom stereocenters. The van der Waals surface area contributed by atoms with Crippen molar-refractivity contribution < 1.29 is 4.79 Å². The molecule has 1 aromatic carbocycles. The summed E-state index contributed by atoms with van der Waals surface area (Å²) in [6.07, 6.45) is 4.25. The molecule has 0 aliphatic rings. The molecular formula is C20H21Cl2N5OS. The molecule has 0 spiro atoms. The number of nitrogens with zero attached hydrogens (tertiary/aromatic N) is 4. The number of carbonyl (C=O) groups is 1. The van der Waals surface area contributed by atoms with Crippen molar-refractivity contribution in [1.82, 2.24) is 25.1 Å². The normalized spacial score (nSPS) is 11.5. The third-order valence-corrected chi connectivity index (χ3v) is 6.08. The van der Waals surface area contributed by atoms with Gasteiger partial charge in [-0.3, -0.25) is 14.3 Å². The van der Waals surface area contributed by atoms with Gasteiger partial charge in [0.05, 0.1) is 21.5 Å². The molecule has 0 aliphatic carbocycles. The van der Waals surface area contributed by atoms with E-state index >= 15 is 0 Å². The molecule has 3 rings (SSSR count). The van der Waals surface area contributed by atoms with Gasteiger partial charge < -0.3 is 5.32 Å². The van der Waals surface area contributed by atoms with E-state index in [1.807, 2.05) is 43.5 Å². The van der Waals surface area contributed by atoms with Crippen molar-refractivity contribution in [2.45, 2.75) is 37.9 Å². The predicted molar refractivity (Wildman–Crippen MR) is 118 cm³/mol. The number of thioether (sulfide) groups is 1. The molecule has 1 amide bonds. The van der Waals surface area contributed by atoms with Gasteiger partial charge in [-0.05, 0) is 50.6 Å². The van der Waals surface area contributed by atoms with Gasteiger partial charge >= 0.3 is 0 Å². The first-order valence-electron chi connectivity index (χ1n) is 9.06. The van der Waals surface area contributed by atoms with Crippen LogP contribution in [-0.4, -0.2) is 36.9 Å². The zero-order valence-corrected chi connectivity index (χ0v) is 18.6. The zero-order chi connectivity index (χ0) is 21.0. The van der Waals surface area contributed by atoms with E-state index in [-0.39, 0.29) is 17.2 Å². The highest BCUT2D eigenvalue weighted by atomic mass is 35.5. The van der Waals surface area contributed by atoms with Crippen molar-refractivity contribution in [3.05, 3.63) is 52.8 Å². The molecule has 1 N–H and O–H groups in total. The molecule has 0 saturated heterocycles. The summed E-state index contributed by atoms with van der Waals surface area (Å²) in [6.45, 7) is 6.02. The Morgan fingerprint density at radius 2 is 2.00 bits per heavy atom. The molecule has 0 aliphatic heterocycles. The quantitative estimate of drug-likeness (QED) is 0.511. The number of rotatable bonds is 7. The number of hydrogen-bond donors (Lipinski definition) is 1. The summed E-state index contributed by atoms with van der Waals surface area (Å²) in [6, 6.07) is 9.03. The Kier molecular flexibility index (Phi) is 6.82. The molecule has 6 nitrogen and oxygen atoms in total. The maximum atomic E-state index is 12.4. The molecule has 29 heavy (non-hydrogen) atoms. The first-order chi connectivity index (χ1) is 13.8. The molecule has 152 valence electrons. The smallest absolute Gasteiger partial charge is 0.230 e. The number of hydrogen-bond acceptors (Lipinski definition) is 5. The van der Waals surface area contributed by atoms with Crippen molar-refractivity contribution in [3.63, 3.8) is 0 Å². The van der Waals surface area contributed by atoms with Crippen LogP contribution in [0.25, 0.3) is 17.1 Å². The van der Waals surface area contributed by atoms with E-state index < -0.39 is 0 Å². The maximum absolute atomic E-state index is 12.4. The van der Waals surface area contributed by atoms with Crippen LogP contribution in [0.15, 0.2) is 47.9 Å². The lowest BCUT2D eigenvalue weighted by molar-refractivity contribution is -0.120. The highest BCUT2D eigenvalue weighted by molar-refractivity contribution is 7.99. The van der Waals surface area contributed by atoms with Crippen LogP contribution < -0.4 is 5.32 Å². The van der Waals surface area contributed by atoms with Gasteiger partial charge in [-0.2, -0.15) is 0 Å². The highest BCUT2D eigenvalue weighted by Crippen LogP contribution is 2.31. The summed E-state index contributed by atoms with van der Waals surface area (Å²) < 4.78 is 1.85. The second kappa shape index (κ2) is 9.15. The summed E-state index contributed by atoms with van der Waals surface area (Å²) in [5.41, 5.74) is 1.30. The van der Waals surface area contributed by atoms with Crippen LogP contribution in [0.1, 0.15) is 27.2 Å². The Bertz CT molecular complexity index is 1010. The Hall–Kier alpha value is -2.09. The number of amides is 1. The minimum absolute atomic E-state index is 0.0616. The number of aromatic nitrogens is 4. The molecule has 0 bridgehead atoms. The third kappa shape index (κ3) is 5.29. The van der Waals surface area contributed by atoms with Crippen molar-refractivity contribution in [1.29, 1.82) is 0 Å². The van der Waals surface area contributed by atoms with Crippen LogP contribution in [-0.2, 0) is 4.79 Å². The van der Waals surface area contributed by atoms with Crippen molar-refractivity contribution in [2.75, 3.05) is 5.75 Å². The number of halogens is 2. The van der Waals surface area contributed by atoms with Gasteiger partial charge in [0.15, 0.2) is 11.0 Å². The SMILES string of the molecule is CCC(C)(C)NC(=O)CSc1nnc(-c2cccnc2)n1-c1ccc(Cl)c(Cl)c1. The minimum Gasteiger partial charge on any atom is -0.351 e. The van der Waals surface area contributed by atoms with Crippen molar-refractivity contribution >= 4 is 40.9 Å². The first-order valence-corrected chi connectivity index (χ1v) is 10.8. The minimum atomic E-state index is -0.254. The highest BCUT2D eigenvalue weighted by Gasteiger charge is 2.21. The standard InChI is InChI=1S/C20H21Cl2N5OS/c1-4-20(2,3)24-17(28)12-29-19-26-25-18(13-6-5-9-23-11-13)27(19)14-7-8-15(21)16(22)10-14/h5-11H,4,12H2,1-3H3,(H,24,28). The molecule has 0 fully saturated rings. The zero-order valence-electron chi connectivity index (χ0n) is 16.3. The van der Waals surface area contributed by atoms with Gasteiger partial charge in [0.1, 0.15) is 0 Å². The Morgan fingerprint density at radius 1 is 1.21 bits per heavy atom. The van der Waals surface area contributed by atoms with E-state index in [1.165, 1.54) is 11.8 Å². The van der Waals surface area contributed by atoms with E-state index in [2.05, 4.69) is 20.5 Å². The lowest BCUT2D eigenvalue weighted by Crippen LogP contribution is -2.43. The molecule has 0 saturated carbocycles. The van der Waals surface area contributed by atoms with Crippen LogP contribution in [0.4, 0.5) is 0 Å². The average molecular weight is 450 g/mol. The fraction of sp³-hybridized carbons (Fsp3) is 0.300. The van der Waals surface area contributed by atoms with Crippen LogP contribution in [0.2, 0.25) is 10.0 Å². The van der Waals surface area contributed by atoms with Gasteiger partial charge in [-0.25, -0.2) is 0 Å². The topological polar surface area (TPSA) is 72.7 Å². The first kappa shape index (κ1) is 21.6. The van der Waals surface area contributed by atoms with Crippen LogP contribution >= 0.6 is 35.0 Å². The van der Waals surface area contributed by atoms with Crippen molar-refractivity contribution in [3.8, 4) is 17.1 Å². The average Bonchev–Trinajstić information content (AvgIpc) is 3.13. The van der Waals surface area contributed by atoms with Gasteiger partial charge in [0, 0.05) is 23.5 Å². The predicted octanol–water partition coefficient (Wildman–Crippen LogP) is 5.03. The molecule has 9 heteroatoms. The van der Waals surface area contributed by atoms with Crippen LogP contribution in [0.5, 0.6) is 0 Å². The van der Waals surface area contributed by atoms with Crippen molar-refractivity contribution in [2.24, 2.45) is 0 Å².